The summed E-state index contributed by atoms with van der Waals surface area (Å²) in [7, 11) is 0. The van der Waals surface area contributed by atoms with Crippen LogP contribution in [0.4, 0.5) is 0 Å². The minimum atomic E-state index is 0.263. The molecule has 1 aromatic rings. The molecule has 0 unspecified atom stereocenters. The summed E-state index contributed by atoms with van der Waals surface area (Å²) in [6.45, 7) is 0.946. The van der Waals surface area contributed by atoms with E-state index in [0.29, 0.717) is 11.8 Å². The number of rotatable bonds is 7. The van der Waals surface area contributed by atoms with Crippen LogP contribution in [0.1, 0.15) is 51.4 Å². The first-order chi connectivity index (χ1) is 11.7. The smallest absolute Gasteiger partial charge is 0.220 e. The highest BCUT2D eigenvalue weighted by atomic mass is 32.2. The van der Waals surface area contributed by atoms with Gasteiger partial charge in [-0.3, -0.25) is 4.79 Å². The van der Waals surface area contributed by atoms with E-state index in [1.54, 1.807) is 0 Å². The molecule has 4 aliphatic rings. The van der Waals surface area contributed by atoms with Gasteiger partial charge in [0.2, 0.25) is 5.91 Å². The van der Waals surface area contributed by atoms with Gasteiger partial charge in [-0.1, -0.05) is 18.2 Å². The molecule has 0 aromatic heterocycles. The van der Waals surface area contributed by atoms with Crippen LogP contribution in [-0.2, 0) is 4.79 Å². The summed E-state index contributed by atoms with van der Waals surface area (Å²) in [6, 6.07) is 10.5. The van der Waals surface area contributed by atoms with Crippen LogP contribution in [-0.4, -0.2) is 18.2 Å². The number of hydrogen-bond donors (Lipinski definition) is 1. The Morgan fingerprint density at radius 2 is 1.67 bits per heavy atom. The van der Waals surface area contributed by atoms with Crippen molar-refractivity contribution in [3.63, 3.8) is 0 Å². The molecule has 4 bridgehead atoms. The number of benzene rings is 1. The monoisotopic (exact) mass is 343 g/mol. The van der Waals surface area contributed by atoms with E-state index >= 15 is 0 Å². The predicted molar refractivity (Wildman–Crippen MR) is 100 cm³/mol. The van der Waals surface area contributed by atoms with Crippen molar-refractivity contribution in [1.29, 1.82) is 0 Å². The molecule has 0 aliphatic heterocycles. The van der Waals surface area contributed by atoms with Crippen LogP contribution in [0, 0.1) is 23.2 Å². The summed E-state index contributed by atoms with van der Waals surface area (Å²) in [5.41, 5.74) is 0.462. The van der Waals surface area contributed by atoms with Crippen LogP contribution < -0.4 is 5.32 Å². The molecule has 130 valence electrons. The lowest BCUT2D eigenvalue weighted by Crippen LogP contribution is -2.51. The predicted octanol–water partition coefficient (Wildman–Crippen LogP) is 4.89. The minimum Gasteiger partial charge on any atom is -0.356 e. The number of hydrogen-bond acceptors (Lipinski definition) is 2. The molecule has 1 aromatic carbocycles. The van der Waals surface area contributed by atoms with Gasteiger partial charge in [-0.25, -0.2) is 0 Å². The number of carbonyl (C=O) groups excluding carboxylic acids is 1. The Morgan fingerprint density at radius 1 is 1.04 bits per heavy atom. The van der Waals surface area contributed by atoms with Crippen molar-refractivity contribution in [2.24, 2.45) is 23.2 Å². The number of nitrogens with one attached hydrogen (secondary N) is 1. The minimum absolute atomic E-state index is 0.263. The van der Waals surface area contributed by atoms with Gasteiger partial charge in [-0.15, -0.1) is 11.8 Å². The molecule has 2 nitrogen and oxygen atoms in total. The molecular weight excluding hydrogens is 314 g/mol. The molecule has 4 saturated carbocycles. The van der Waals surface area contributed by atoms with Crippen LogP contribution in [0.15, 0.2) is 35.2 Å². The highest BCUT2D eigenvalue weighted by Crippen LogP contribution is 2.59. The summed E-state index contributed by atoms with van der Waals surface area (Å²) >= 11 is 1.85. The molecule has 24 heavy (non-hydrogen) atoms. The third kappa shape index (κ3) is 3.82. The number of thioether (sulfide) groups is 1. The maximum absolute atomic E-state index is 12.2. The third-order valence-electron chi connectivity index (χ3n) is 6.39. The Balaban J connectivity index is 1.17. The van der Waals surface area contributed by atoms with Crippen molar-refractivity contribution in [2.45, 2.75) is 56.3 Å². The normalized spacial score (nSPS) is 33.6. The molecule has 0 atom stereocenters. The summed E-state index contributed by atoms with van der Waals surface area (Å²) in [4.78, 5) is 13.5. The van der Waals surface area contributed by atoms with Gasteiger partial charge in [-0.05, 0) is 86.0 Å². The summed E-state index contributed by atoms with van der Waals surface area (Å²) in [5.74, 6) is 4.19. The Kier molecular flexibility index (Phi) is 4.89. The van der Waals surface area contributed by atoms with Crippen LogP contribution in [0.5, 0.6) is 0 Å². The molecule has 4 aliphatic carbocycles. The molecule has 3 heteroatoms. The SMILES string of the molecule is O=C(CCCSc1ccccc1)NCC12CC3CC(CC(C3)C1)C2. The lowest BCUT2D eigenvalue weighted by Gasteiger charge is -2.56. The molecule has 4 fully saturated rings. The quantitative estimate of drug-likeness (QED) is 0.564. The molecule has 0 radical (unpaired) electrons. The fourth-order valence-electron chi connectivity index (χ4n) is 5.82. The zero-order chi connectivity index (χ0) is 16.4. The molecular formula is C21H29NOS. The van der Waals surface area contributed by atoms with Crippen LogP contribution in [0.2, 0.25) is 0 Å². The molecule has 1 amide bonds. The van der Waals surface area contributed by atoms with Crippen LogP contribution >= 0.6 is 11.8 Å². The third-order valence-corrected chi connectivity index (χ3v) is 7.48. The average molecular weight is 344 g/mol. The van der Waals surface area contributed by atoms with Crippen molar-refractivity contribution >= 4 is 17.7 Å². The molecule has 5 rings (SSSR count). The lowest BCUT2D eigenvalue weighted by atomic mass is 9.49. The van der Waals surface area contributed by atoms with E-state index < -0.39 is 0 Å². The Hall–Kier alpha value is -0.960. The Bertz CT molecular complexity index is 535. The first-order valence-corrected chi connectivity index (χ1v) is 10.6. The molecule has 0 saturated heterocycles. The molecule has 0 heterocycles. The maximum atomic E-state index is 12.2. The summed E-state index contributed by atoms with van der Waals surface area (Å²) < 4.78 is 0. The number of amides is 1. The Labute approximate surface area is 150 Å². The van der Waals surface area contributed by atoms with Crippen molar-refractivity contribution in [1.82, 2.24) is 5.32 Å². The highest BCUT2D eigenvalue weighted by Gasteiger charge is 2.50. The number of carbonyl (C=O) groups is 1. The zero-order valence-corrected chi connectivity index (χ0v) is 15.3. The van der Waals surface area contributed by atoms with Crippen molar-refractivity contribution < 1.29 is 4.79 Å². The largest absolute Gasteiger partial charge is 0.356 e. The highest BCUT2D eigenvalue weighted by molar-refractivity contribution is 7.99. The van der Waals surface area contributed by atoms with Crippen molar-refractivity contribution in [3.8, 4) is 0 Å². The van der Waals surface area contributed by atoms with Crippen molar-refractivity contribution in [2.75, 3.05) is 12.3 Å². The van der Waals surface area contributed by atoms with Gasteiger partial charge in [-0.2, -0.15) is 0 Å². The zero-order valence-electron chi connectivity index (χ0n) is 14.5. The van der Waals surface area contributed by atoms with E-state index in [1.165, 1.54) is 43.4 Å². The fourth-order valence-corrected chi connectivity index (χ4v) is 6.69. The van der Waals surface area contributed by atoms with E-state index in [-0.39, 0.29) is 5.91 Å². The Morgan fingerprint density at radius 3 is 2.29 bits per heavy atom. The lowest BCUT2D eigenvalue weighted by molar-refractivity contribution is -0.123. The maximum Gasteiger partial charge on any atom is 0.220 e. The van der Waals surface area contributed by atoms with Gasteiger partial charge in [0, 0.05) is 17.9 Å². The first kappa shape index (κ1) is 16.5. The van der Waals surface area contributed by atoms with Crippen LogP contribution in [0.25, 0.3) is 0 Å². The second-order valence-corrected chi connectivity index (χ2v) is 9.63. The molecule has 0 spiro atoms. The summed E-state index contributed by atoms with van der Waals surface area (Å²) in [6.07, 6.45) is 10.2. The van der Waals surface area contributed by atoms with E-state index in [9.17, 15) is 4.79 Å². The second-order valence-electron chi connectivity index (χ2n) is 8.46. The van der Waals surface area contributed by atoms with E-state index in [4.69, 9.17) is 0 Å². The van der Waals surface area contributed by atoms with Gasteiger partial charge >= 0.3 is 0 Å². The van der Waals surface area contributed by atoms with Gasteiger partial charge in [0.25, 0.3) is 0 Å². The van der Waals surface area contributed by atoms with Crippen molar-refractivity contribution in [3.05, 3.63) is 30.3 Å². The standard InChI is InChI=1S/C21H29NOS/c23-20(7-4-8-24-19-5-2-1-3-6-19)22-15-21-12-16-9-17(13-21)11-18(10-16)14-21/h1-3,5-6,16-18H,4,7-15H2,(H,22,23). The topological polar surface area (TPSA) is 29.1 Å². The average Bonchev–Trinajstić information content (AvgIpc) is 2.57. The van der Waals surface area contributed by atoms with Crippen LogP contribution in [0.3, 0.4) is 0 Å². The second kappa shape index (κ2) is 7.11. The van der Waals surface area contributed by atoms with Gasteiger partial charge < -0.3 is 5.32 Å². The van der Waals surface area contributed by atoms with Gasteiger partial charge in [0.05, 0.1) is 0 Å². The van der Waals surface area contributed by atoms with E-state index in [2.05, 4.69) is 29.6 Å². The first-order valence-electron chi connectivity index (χ1n) is 9.65. The van der Waals surface area contributed by atoms with Gasteiger partial charge in [0.15, 0.2) is 0 Å². The molecule has 1 N–H and O–H groups in total. The fraction of sp³-hybridized carbons (Fsp3) is 0.667. The summed E-state index contributed by atoms with van der Waals surface area (Å²) in [5, 5.41) is 3.29. The van der Waals surface area contributed by atoms with Gasteiger partial charge in [0.1, 0.15) is 0 Å². The van der Waals surface area contributed by atoms with E-state index in [1.807, 2.05) is 17.8 Å². The van der Waals surface area contributed by atoms with E-state index in [0.717, 1.165) is 36.5 Å².